The van der Waals surface area contributed by atoms with Gasteiger partial charge in [0.15, 0.2) is 5.78 Å². The maximum Gasteiger partial charge on any atom is 0.201 e. The van der Waals surface area contributed by atoms with Crippen molar-refractivity contribution in [3.8, 4) is 11.5 Å². The van der Waals surface area contributed by atoms with Gasteiger partial charge in [-0.3, -0.25) is 14.1 Å². The van der Waals surface area contributed by atoms with E-state index in [1.165, 1.54) is 14.2 Å². The number of methoxy groups -OCH3 is 2. The monoisotopic (exact) mass is 437 g/mol. The number of nitrogens with zero attached hydrogens (tertiary/aromatic N) is 1. The van der Waals surface area contributed by atoms with Crippen LogP contribution in [-0.2, 0) is 6.54 Å². The fraction of sp³-hybridized carbons (Fsp3) is 0.200. The molecule has 160 valence electrons. The Morgan fingerprint density at radius 1 is 0.742 bits per heavy atom. The van der Waals surface area contributed by atoms with Crippen molar-refractivity contribution in [1.82, 2.24) is 4.48 Å². The molecule has 31 heavy (non-hydrogen) atoms. The van der Waals surface area contributed by atoms with Crippen molar-refractivity contribution < 1.29 is 31.5 Å². The highest BCUT2D eigenvalue weighted by molar-refractivity contribution is 6.30. The van der Waals surface area contributed by atoms with Gasteiger partial charge in [-0.15, -0.1) is 0 Å². The Morgan fingerprint density at radius 3 is 2.03 bits per heavy atom. The third kappa shape index (κ3) is 3.82. The molecule has 1 aliphatic carbocycles. The van der Waals surface area contributed by atoms with Gasteiger partial charge in [0, 0.05) is 16.7 Å². The molecule has 0 heterocycles. The lowest BCUT2D eigenvalue weighted by Gasteiger charge is -2.30. The second kappa shape index (κ2) is 8.53. The molecule has 0 amide bonds. The Hall–Kier alpha value is -3.15. The predicted molar refractivity (Wildman–Crippen MR) is 117 cm³/mol. The van der Waals surface area contributed by atoms with Crippen LogP contribution in [0.5, 0.6) is 11.5 Å². The van der Waals surface area contributed by atoms with Gasteiger partial charge in [0.2, 0.25) is 5.78 Å². The van der Waals surface area contributed by atoms with Crippen LogP contribution in [0.25, 0.3) is 0 Å². The summed E-state index contributed by atoms with van der Waals surface area (Å²) >= 11 is 0. The highest BCUT2D eigenvalue weighted by atomic mass is 35.5. The maximum atomic E-state index is 13.3. The molecular weight excluding hydrogens is 414 g/mol. The smallest absolute Gasteiger partial charge is 0.201 e. The predicted octanol–water partition coefficient (Wildman–Crippen LogP) is 1.25. The van der Waals surface area contributed by atoms with Crippen LogP contribution in [0.15, 0.2) is 60.7 Å². The zero-order valence-electron chi connectivity index (χ0n) is 17.9. The molecule has 0 spiro atoms. The number of ketones is 2. The standard InChI is InChI=1S/C25H24NO4.ClH/c1-26(2,17-9-6-5-7-10-17)15-16-13-19-23(21(14-16)30-4)25(28)22-18(24(19)27)11-8-12-20(22)29-3;/h5-14H,15H2,1-4H3;1H/q+1;/p-1. The fourth-order valence-electron chi connectivity index (χ4n) is 4.11. The number of rotatable bonds is 5. The van der Waals surface area contributed by atoms with Gasteiger partial charge in [0.1, 0.15) is 23.7 Å². The third-order valence-electron chi connectivity index (χ3n) is 5.60. The molecule has 0 atom stereocenters. The second-order valence-electron chi connectivity index (χ2n) is 7.94. The van der Waals surface area contributed by atoms with Crippen LogP contribution in [0.2, 0.25) is 0 Å². The van der Waals surface area contributed by atoms with Gasteiger partial charge in [-0.25, -0.2) is 0 Å². The van der Waals surface area contributed by atoms with Gasteiger partial charge in [0.25, 0.3) is 0 Å². The van der Waals surface area contributed by atoms with Crippen LogP contribution in [-0.4, -0.2) is 39.9 Å². The van der Waals surface area contributed by atoms with E-state index in [1.807, 2.05) is 30.3 Å². The molecule has 6 heteroatoms. The minimum Gasteiger partial charge on any atom is -1.00 e. The lowest BCUT2D eigenvalue weighted by molar-refractivity contribution is -0.0000210. The molecule has 0 saturated heterocycles. The lowest BCUT2D eigenvalue weighted by atomic mass is 9.82. The highest BCUT2D eigenvalue weighted by Gasteiger charge is 2.35. The minimum absolute atomic E-state index is 0. The normalized spacial score (nSPS) is 12.5. The number of carbonyl (C=O) groups excluding carboxylic acids is 2. The maximum absolute atomic E-state index is 13.3. The van der Waals surface area contributed by atoms with Crippen LogP contribution in [0.3, 0.4) is 0 Å². The van der Waals surface area contributed by atoms with E-state index in [-0.39, 0.29) is 24.0 Å². The summed E-state index contributed by atoms with van der Waals surface area (Å²) in [5.74, 6) is 0.357. The lowest BCUT2D eigenvalue weighted by Crippen LogP contribution is -3.00. The van der Waals surface area contributed by atoms with Gasteiger partial charge in [-0.1, -0.05) is 30.3 Å². The van der Waals surface area contributed by atoms with Crippen molar-refractivity contribution in [2.45, 2.75) is 6.54 Å². The van der Waals surface area contributed by atoms with Crippen LogP contribution in [0.1, 0.15) is 37.4 Å². The largest absolute Gasteiger partial charge is 1.00 e. The fourth-order valence-corrected chi connectivity index (χ4v) is 4.11. The third-order valence-corrected chi connectivity index (χ3v) is 5.60. The molecule has 0 N–H and O–H groups in total. The second-order valence-corrected chi connectivity index (χ2v) is 7.94. The minimum atomic E-state index is -0.253. The van der Waals surface area contributed by atoms with Crippen LogP contribution in [0, 0.1) is 0 Å². The van der Waals surface area contributed by atoms with Gasteiger partial charge in [-0.2, -0.15) is 0 Å². The number of halogens is 1. The molecule has 0 aromatic heterocycles. The number of quaternary nitrogens is 1. The van der Waals surface area contributed by atoms with Crippen molar-refractivity contribution in [3.63, 3.8) is 0 Å². The Balaban J connectivity index is 0.00000272. The van der Waals surface area contributed by atoms with Gasteiger partial charge < -0.3 is 21.9 Å². The average molecular weight is 438 g/mol. The molecule has 4 rings (SSSR count). The topological polar surface area (TPSA) is 52.6 Å². The first kappa shape index (κ1) is 22.5. The summed E-state index contributed by atoms with van der Waals surface area (Å²) < 4.78 is 11.5. The van der Waals surface area contributed by atoms with Crippen molar-refractivity contribution in [2.75, 3.05) is 28.3 Å². The number of hydrogen-bond acceptors (Lipinski definition) is 4. The summed E-state index contributed by atoms with van der Waals surface area (Å²) in [4.78, 5) is 26.6. The first-order valence-corrected chi connectivity index (χ1v) is 9.73. The Bertz CT molecular complexity index is 1160. The summed E-state index contributed by atoms with van der Waals surface area (Å²) in [7, 11) is 7.22. The van der Waals surface area contributed by atoms with Gasteiger partial charge >= 0.3 is 0 Å². The first-order valence-electron chi connectivity index (χ1n) is 9.73. The molecule has 0 saturated carbocycles. The SMILES string of the molecule is COc1cccc2c1C(=O)c1c(OC)cc(C[N+](C)(C)c3ccccc3)cc1C2=O.[Cl-]. The quantitative estimate of drug-likeness (QED) is 0.441. The van der Waals surface area contributed by atoms with E-state index in [2.05, 4.69) is 26.2 Å². The van der Waals surface area contributed by atoms with Gasteiger partial charge in [-0.05, 0) is 30.3 Å². The number of ether oxygens (including phenoxy) is 2. The number of fused-ring (bicyclic) bond motifs is 2. The van der Waals surface area contributed by atoms with E-state index in [0.29, 0.717) is 44.8 Å². The molecule has 0 unspecified atom stereocenters. The zero-order chi connectivity index (χ0) is 21.5. The number of para-hydroxylation sites is 1. The van der Waals surface area contributed by atoms with Crippen molar-refractivity contribution in [3.05, 3.63) is 88.5 Å². The number of hydrogen-bond donors (Lipinski definition) is 0. The van der Waals surface area contributed by atoms with Crippen molar-refractivity contribution in [2.24, 2.45) is 0 Å². The molecule has 5 nitrogen and oxygen atoms in total. The molecule has 0 radical (unpaired) electrons. The molecular formula is C25H24ClNO4. The van der Waals surface area contributed by atoms with E-state index in [9.17, 15) is 9.59 Å². The van der Waals surface area contributed by atoms with Crippen LogP contribution < -0.4 is 26.4 Å². The number of carbonyl (C=O) groups is 2. The summed E-state index contributed by atoms with van der Waals surface area (Å²) in [5.41, 5.74) is 3.40. The van der Waals surface area contributed by atoms with E-state index in [0.717, 1.165) is 11.3 Å². The Morgan fingerprint density at radius 2 is 1.39 bits per heavy atom. The highest BCUT2D eigenvalue weighted by Crippen LogP contribution is 2.38. The van der Waals surface area contributed by atoms with Crippen LogP contribution >= 0.6 is 0 Å². The molecule has 0 fully saturated rings. The molecule has 3 aromatic rings. The van der Waals surface area contributed by atoms with Crippen molar-refractivity contribution >= 4 is 17.3 Å². The zero-order valence-corrected chi connectivity index (χ0v) is 18.7. The molecule has 0 aliphatic heterocycles. The van der Waals surface area contributed by atoms with E-state index >= 15 is 0 Å². The Kier molecular flexibility index (Phi) is 6.20. The van der Waals surface area contributed by atoms with Crippen LogP contribution in [0.4, 0.5) is 5.69 Å². The van der Waals surface area contributed by atoms with Crippen molar-refractivity contribution in [1.29, 1.82) is 0 Å². The first-order chi connectivity index (χ1) is 14.4. The molecule has 0 bridgehead atoms. The van der Waals surface area contributed by atoms with E-state index < -0.39 is 0 Å². The average Bonchev–Trinajstić information content (AvgIpc) is 2.76. The molecule has 3 aromatic carbocycles. The summed E-state index contributed by atoms with van der Waals surface area (Å²) in [6, 6.07) is 18.9. The summed E-state index contributed by atoms with van der Waals surface area (Å²) in [6.45, 7) is 0.639. The van der Waals surface area contributed by atoms with E-state index in [4.69, 9.17) is 9.47 Å². The summed E-state index contributed by atoms with van der Waals surface area (Å²) in [5, 5.41) is 0. The van der Waals surface area contributed by atoms with Gasteiger partial charge in [0.05, 0.1) is 39.4 Å². The summed E-state index contributed by atoms with van der Waals surface area (Å²) in [6.07, 6.45) is 0. The van der Waals surface area contributed by atoms with E-state index in [1.54, 1.807) is 18.2 Å². The molecule has 1 aliphatic rings. The Labute approximate surface area is 188 Å². The number of benzene rings is 3.